The maximum Gasteiger partial charge on any atom is 0.0632 e. The van der Waals surface area contributed by atoms with E-state index in [9.17, 15) is 0 Å². The molecule has 1 heteroatoms. The standard InChI is InChI=1S/C23H23N.C2H6/c1-4-23(19-11-9-17(2)10-12-19,20-13-15-21(24)16-14-20)22-8-6-5-7-18(22)3;1-2/h4-16H,1,24H2,2-3H3;1-2H3. The Morgan fingerprint density at radius 1 is 0.769 bits per heavy atom. The third-order valence-corrected chi connectivity index (χ3v) is 4.75. The van der Waals surface area contributed by atoms with E-state index in [0.717, 1.165) is 5.69 Å². The van der Waals surface area contributed by atoms with Crippen molar-refractivity contribution in [2.75, 3.05) is 5.73 Å². The topological polar surface area (TPSA) is 26.0 Å². The van der Waals surface area contributed by atoms with Crippen LogP contribution in [-0.4, -0.2) is 0 Å². The number of nitrogens with two attached hydrogens (primary N) is 1. The predicted octanol–water partition coefficient (Wildman–Crippen LogP) is 6.43. The van der Waals surface area contributed by atoms with Crippen molar-refractivity contribution in [1.29, 1.82) is 0 Å². The van der Waals surface area contributed by atoms with Crippen LogP contribution in [0.15, 0.2) is 85.5 Å². The second-order valence-electron chi connectivity index (χ2n) is 6.32. The van der Waals surface area contributed by atoms with Crippen LogP contribution in [0.5, 0.6) is 0 Å². The van der Waals surface area contributed by atoms with Crippen LogP contribution in [0.2, 0.25) is 0 Å². The molecule has 0 heterocycles. The molecule has 0 aliphatic heterocycles. The summed E-state index contributed by atoms with van der Waals surface area (Å²) in [5.41, 5.74) is 12.4. The van der Waals surface area contributed by atoms with Gasteiger partial charge in [0.25, 0.3) is 0 Å². The van der Waals surface area contributed by atoms with Gasteiger partial charge in [-0.3, -0.25) is 0 Å². The van der Waals surface area contributed by atoms with Gasteiger partial charge in [-0.25, -0.2) is 0 Å². The fourth-order valence-corrected chi connectivity index (χ4v) is 3.40. The summed E-state index contributed by atoms with van der Waals surface area (Å²) < 4.78 is 0. The molecule has 0 fully saturated rings. The first kappa shape index (κ1) is 19.5. The molecule has 3 aromatic rings. The monoisotopic (exact) mass is 343 g/mol. The van der Waals surface area contributed by atoms with Gasteiger partial charge in [0, 0.05) is 5.69 Å². The zero-order valence-corrected chi connectivity index (χ0v) is 16.3. The van der Waals surface area contributed by atoms with Gasteiger partial charge in [-0.2, -0.15) is 0 Å². The van der Waals surface area contributed by atoms with Crippen molar-refractivity contribution < 1.29 is 0 Å². The fraction of sp³-hybridized carbons (Fsp3) is 0.200. The van der Waals surface area contributed by atoms with E-state index in [1.807, 2.05) is 32.1 Å². The van der Waals surface area contributed by atoms with Gasteiger partial charge in [0.15, 0.2) is 0 Å². The maximum absolute atomic E-state index is 5.91. The first-order chi connectivity index (χ1) is 12.6. The van der Waals surface area contributed by atoms with Crippen molar-refractivity contribution in [3.05, 3.63) is 113 Å². The van der Waals surface area contributed by atoms with Gasteiger partial charge in [0.1, 0.15) is 0 Å². The van der Waals surface area contributed by atoms with Gasteiger partial charge < -0.3 is 5.73 Å². The second kappa shape index (κ2) is 8.53. The second-order valence-corrected chi connectivity index (χ2v) is 6.32. The Kier molecular flexibility index (Phi) is 6.41. The first-order valence-corrected chi connectivity index (χ1v) is 9.21. The van der Waals surface area contributed by atoms with Crippen LogP contribution in [0.3, 0.4) is 0 Å². The Labute approximate surface area is 158 Å². The molecule has 0 amide bonds. The van der Waals surface area contributed by atoms with Crippen molar-refractivity contribution in [2.45, 2.75) is 33.1 Å². The van der Waals surface area contributed by atoms with Crippen molar-refractivity contribution in [3.63, 3.8) is 0 Å². The molecule has 0 aliphatic rings. The smallest absolute Gasteiger partial charge is 0.0632 e. The summed E-state index contributed by atoms with van der Waals surface area (Å²) in [4.78, 5) is 0. The van der Waals surface area contributed by atoms with Gasteiger partial charge in [0.05, 0.1) is 5.41 Å². The normalized spacial score (nSPS) is 12.5. The van der Waals surface area contributed by atoms with Crippen LogP contribution in [0.4, 0.5) is 5.69 Å². The van der Waals surface area contributed by atoms with E-state index in [2.05, 4.69) is 81.1 Å². The van der Waals surface area contributed by atoms with E-state index in [1.165, 1.54) is 27.8 Å². The highest BCUT2D eigenvalue weighted by atomic mass is 14.5. The summed E-state index contributed by atoms with van der Waals surface area (Å²) >= 11 is 0. The minimum atomic E-state index is -0.396. The van der Waals surface area contributed by atoms with E-state index in [4.69, 9.17) is 5.73 Å². The number of rotatable bonds is 4. The molecule has 26 heavy (non-hydrogen) atoms. The van der Waals surface area contributed by atoms with Gasteiger partial charge in [-0.1, -0.05) is 86.2 Å². The van der Waals surface area contributed by atoms with Gasteiger partial charge in [0.2, 0.25) is 0 Å². The molecule has 3 aromatic carbocycles. The SMILES string of the molecule is C=CC(c1ccc(C)cc1)(c1ccc(N)cc1)c1ccccc1C.CC. The molecule has 1 unspecified atom stereocenters. The maximum atomic E-state index is 5.91. The molecular formula is C25H29N. The highest BCUT2D eigenvalue weighted by Crippen LogP contribution is 2.42. The zero-order chi connectivity index (χ0) is 19.2. The van der Waals surface area contributed by atoms with Crippen LogP contribution in [-0.2, 0) is 5.41 Å². The summed E-state index contributed by atoms with van der Waals surface area (Å²) in [6, 6.07) is 25.3. The summed E-state index contributed by atoms with van der Waals surface area (Å²) in [6.07, 6.45) is 2.05. The summed E-state index contributed by atoms with van der Waals surface area (Å²) in [7, 11) is 0. The lowest BCUT2D eigenvalue weighted by Crippen LogP contribution is -2.27. The molecule has 0 radical (unpaired) electrons. The van der Waals surface area contributed by atoms with E-state index >= 15 is 0 Å². The molecule has 1 nitrogen and oxygen atoms in total. The van der Waals surface area contributed by atoms with Crippen LogP contribution in [0, 0.1) is 13.8 Å². The number of hydrogen-bond donors (Lipinski definition) is 1. The van der Waals surface area contributed by atoms with Gasteiger partial charge >= 0.3 is 0 Å². The Bertz CT molecular complexity index is 797. The average molecular weight is 344 g/mol. The minimum absolute atomic E-state index is 0.396. The summed E-state index contributed by atoms with van der Waals surface area (Å²) in [6.45, 7) is 12.5. The summed E-state index contributed by atoms with van der Waals surface area (Å²) in [5.74, 6) is 0. The lowest BCUT2D eigenvalue weighted by molar-refractivity contribution is 0.773. The van der Waals surface area contributed by atoms with E-state index in [1.54, 1.807) is 0 Å². The van der Waals surface area contributed by atoms with Crippen LogP contribution in [0.1, 0.15) is 41.7 Å². The highest BCUT2D eigenvalue weighted by Gasteiger charge is 2.34. The molecule has 2 N–H and O–H groups in total. The molecule has 3 rings (SSSR count). The molecule has 1 atom stereocenters. The quantitative estimate of drug-likeness (QED) is 0.329. The Morgan fingerprint density at radius 2 is 1.27 bits per heavy atom. The number of hydrogen-bond acceptors (Lipinski definition) is 1. The largest absolute Gasteiger partial charge is 0.399 e. The van der Waals surface area contributed by atoms with Crippen LogP contribution >= 0.6 is 0 Å². The number of anilines is 1. The van der Waals surface area contributed by atoms with Crippen molar-refractivity contribution in [2.24, 2.45) is 0 Å². The molecule has 0 aromatic heterocycles. The zero-order valence-electron chi connectivity index (χ0n) is 16.3. The third kappa shape index (κ3) is 3.57. The highest BCUT2D eigenvalue weighted by molar-refractivity contribution is 5.58. The lowest BCUT2D eigenvalue weighted by atomic mass is 9.68. The number of nitrogen functional groups attached to an aromatic ring is 1. The average Bonchev–Trinajstić information content (AvgIpc) is 2.68. The third-order valence-electron chi connectivity index (χ3n) is 4.75. The molecule has 0 spiro atoms. The van der Waals surface area contributed by atoms with Crippen molar-refractivity contribution in [1.82, 2.24) is 0 Å². The van der Waals surface area contributed by atoms with E-state index in [-0.39, 0.29) is 0 Å². The predicted molar refractivity (Wildman–Crippen MR) is 115 cm³/mol. The summed E-state index contributed by atoms with van der Waals surface area (Å²) in [5, 5.41) is 0. The number of benzene rings is 3. The Hall–Kier alpha value is -2.80. The lowest BCUT2D eigenvalue weighted by Gasteiger charge is -2.34. The number of allylic oxidation sites excluding steroid dienone is 1. The van der Waals surface area contributed by atoms with Crippen molar-refractivity contribution >= 4 is 5.69 Å². The number of aryl methyl sites for hydroxylation is 2. The molecule has 0 saturated heterocycles. The Balaban J connectivity index is 0.00000117. The Morgan fingerprint density at radius 3 is 1.77 bits per heavy atom. The van der Waals surface area contributed by atoms with Crippen LogP contribution < -0.4 is 5.73 Å². The van der Waals surface area contributed by atoms with E-state index in [0.29, 0.717) is 0 Å². The molecule has 134 valence electrons. The molecule has 0 saturated carbocycles. The molecular weight excluding hydrogens is 314 g/mol. The van der Waals surface area contributed by atoms with Crippen LogP contribution in [0.25, 0.3) is 0 Å². The minimum Gasteiger partial charge on any atom is -0.399 e. The van der Waals surface area contributed by atoms with Crippen molar-refractivity contribution in [3.8, 4) is 0 Å². The fourth-order valence-electron chi connectivity index (χ4n) is 3.40. The van der Waals surface area contributed by atoms with Gasteiger partial charge in [-0.15, -0.1) is 6.58 Å². The first-order valence-electron chi connectivity index (χ1n) is 9.21. The molecule has 0 bridgehead atoms. The van der Waals surface area contributed by atoms with E-state index < -0.39 is 5.41 Å². The molecule has 0 aliphatic carbocycles. The van der Waals surface area contributed by atoms with Gasteiger partial charge in [-0.05, 0) is 48.2 Å².